The van der Waals surface area contributed by atoms with Crippen LogP contribution in [0.1, 0.15) is 50.3 Å². The Labute approximate surface area is 164 Å². The van der Waals surface area contributed by atoms with E-state index in [0.717, 1.165) is 35.5 Å². The number of hydrogen-bond acceptors (Lipinski definition) is 4. The minimum absolute atomic E-state index is 0.0586. The van der Waals surface area contributed by atoms with Crippen molar-refractivity contribution >= 4 is 23.2 Å². The Balaban J connectivity index is 1.67. The van der Waals surface area contributed by atoms with Gasteiger partial charge < -0.3 is 10.6 Å². The third-order valence-electron chi connectivity index (χ3n) is 5.05. The number of benzene rings is 1. The van der Waals surface area contributed by atoms with Gasteiger partial charge in [-0.1, -0.05) is 49.1 Å². The molecule has 3 rings (SSSR count). The summed E-state index contributed by atoms with van der Waals surface area (Å²) in [5.41, 5.74) is 2.25. The van der Waals surface area contributed by atoms with Gasteiger partial charge in [0.05, 0.1) is 12.1 Å². The van der Waals surface area contributed by atoms with Crippen LogP contribution in [0, 0.1) is 6.92 Å². The Morgan fingerprint density at radius 1 is 1.15 bits per heavy atom. The highest BCUT2D eigenvalue weighted by molar-refractivity contribution is 7.13. The molecule has 27 heavy (non-hydrogen) atoms. The SMILES string of the molecule is CCNC(=O)C1(NC(=O)Cc2csc(-c3ccc(C)cc3)n2)CCCCC1. The first-order valence-corrected chi connectivity index (χ1v) is 10.5. The molecular formula is C21H27N3O2S. The topological polar surface area (TPSA) is 71.1 Å². The van der Waals surface area contributed by atoms with E-state index in [1.807, 2.05) is 24.4 Å². The van der Waals surface area contributed by atoms with E-state index in [2.05, 4.69) is 34.7 Å². The quantitative estimate of drug-likeness (QED) is 0.798. The molecule has 1 aromatic carbocycles. The van der Waals surface area contributed by atoms with Crippen LogP contribution < -0.4 is 10.6 Å². The molecule has 2 N–H and O–H groups in total. The highest BCUT2D eigenvalue weighted by Crippen LogP contribution is 2.29. The number of carbonyl (C=O) groups excluding carboxylic acids is 2. The van der Waals surface area contributed by atoms with Crippen LogP contribution in [-0.4, -0.2) is 28.9 Å². The fourth-order valence-corrected chi connectivity index (χ4v) is 4.41. The second kappa shape index (κ2) is 8.65. The summed E-state index contributed by atoms with van der Waals surface area (Å²) in [7, 11) is 0. The van der Waals surface area contributed by atoms with Gasteiger partial charge in [-0.05, 0) is 26.7 Å². The second-order valence-corrected chi connectivity index (χ2v) is 8.10. The van der Waals surface area contributed by atoms with Crippen molar-refractivity contribution in [3.8, 4) is 10.6 Å². The van der Waals surface area contributed by atoms with Crippen LogP contribution in [0.2, 0.25) is 0 Å². The summed E-state index contributed by atoms with van der Waals surface area (Å²) in [6, 6.07) is 8.21. The van der Waals surface area contributed by atoms with Crippen LogP contribution in [0.15, 0.2) is 29.6 Å². The van der Waals surface area contributed by atoms with E-state index in [9.17, 15) is 9.59 Å². The lowest BCUT2D eigenvalue weighted by molar-refractivity contribution is -0.134. The van der Waals surface area contributed by atoms with Gasteiger partial charge in [0.2, 0.25) is 11.8 Å². The van der Waals surface area contributed by atoms with Gasteiger partial charge in [-0.25, -0.2) is 4.98 Å². The van der Waals surface area contributed by atoms with Gasteiger partial charge in [0.25, 0.3) is 0 Å². The number of nitrogens with one attached hydrogen (secondary N) is 2. The molecule has 1 aliphatic rings. The van der Waals surface area contributed by atoms with Crippen LogP contribution in [0.4, 0.5) is 0 Å². The first-order chi connectivity index (χ1) is 13.0. The third kappa shape index (κ3) is 4.75. The summed E-state index contributed by atoms with van der Waals surface area (Å²) in [5.74, 6) is -0.194. The van der Waals surface area contributed by atoms with Crippen LogP contribution in [-0.2, 0) is 16.0 Å². The molecular weight excluding hydrogens is 358 g/mol. The number of carbonyl (C=O) groups is 2. The van der Waals surface area contributed by atoms with E-state index < -0.39 is 5.54 Å². The van der Waals surface area contributed by atoms with Crippen molar-refractivity contribution in [2.75, 3.05) is 6.54 Å². The zero-order valence-electron chi connectivity index (χ0n) is 16.0. The van der Waals surface area contributed by atoms with Crippen LogP contribution in [0.5, 0.6) is 0 Å². The molecule has 0 unspecified atom stereocenters. The van der Waals surface area contributed by atoms with Crippen molar-refractivity contribution in [2.45, 2.75) is 57.9 Å². The van der Waals surface area contributed by atoms with E-state index >= 15 is 0 Å². The fourth-order valence-electron chi connectivity index (χ4n) is 3.59. The molecule has 0 aliphatic heterocycles. The van der Waals surface area contributed by atoms with Crippen LogP contribution in [0.3, 0.4) is 0 Å². The number of aromatic nitrogens is 1. The highest BCUT2D eigenvalue weighted by atomic mass is 32.1. The van der Waals surface area contributed by atoms with Crippen molar-refractivity contribution in [1.82, 2.24) is 15.6 Å². The minimum atomic E-state index is -0.763. The number of hydrogen-bond donors (Lipinski definition) is 2. The molecule has 0 atom stereocenters. The normalized spacial score (nSPS) is 15.9. The molecule has 1 aromatic heterocycles. The molecule has 1 aliphatic carbocycles. The molecule has 2 amide bonds. The third-order valence-corrected chi connectivity index (χ3v) is 5.99. The second-order valence-electron chi connectivity index (χ2n) is 7.24. The summed E-state index contributed by atoms with van der Waals surface area (Å²) in [4.78, 5) is 29.8. The smallest absolute Gasteiger partial charge is 0.245 e. The molecule has 0 radical (unpaired) electrons. The number of aryl methyl sites for hydroxylation is 1. The molecule has 1 saturated carbocycles. The first-order valence-electron chi connectivity index (χ1n) is 9.63. The van der Waals surface area contributed by atoms with Gasteiger partial charge in [0.1, 0.15) is 10.5 Å². The maximum Gasteiger partial charge on any atom is 0.245 e. The van der Waals surface area contributed by atoms with Crippen molar-refractivity contribution in [3.63, 3.8) is 0 Å². The molecule has 5 nitrogen and oxygen atoms in total. The molecule has 1 heterocycles. The summed E-state index contributed by atoms with van der Waals surface area (Å²) in [6.45, 7) is 4.53. The molecule has 144 valence electrons. The Kier molecular flexibility index (Phi) is 6.26. The van der Waals surface area contributed by atoms with Crippen molar-refractivity contribution in [2.24, 2.45) is 0 Å². The van der Waals surface area contributed by atoms with Gasteiger partial charge in [-0.3, -0.25) is 9.59 Å². The number of likely N-dealkylation sites (N-methyl/N-ethyl adjacent to an activating group) is 1. The van der Waals surface area contributed by atoms with E-state index in [4.69, 9.17) is 0 Å². The zero-order chi connectivity index (χ0) is 19.3. The standard InChI is InChI=1S/C21H27N3O2S/c1-3-22-20(26)21(11-5-4-6-12-21)24-18(25)13-17-14-27-19(23-17)16-9-7-15(2)8-10-16/h7-10,14H,3-6,11-13H2,1-2H3,(H,22,26)(H,24,25). The molecule has 1 fully saturated rings. The molecule has 0 spiro atoms. The zero-order valence-corrected chi connectivity index (χ0v) is 16.8. The predicted octanol–water partition coefficient (Wildman–Crippen LogP) is 3.62. The Bertz CT molecular complexity index is 792. The average molecular weight is 386 g/mol. The van der Waals surface area contributed by atoms with Crippen LogP contribution >= 0.6 is 11.3 Å². The maximum absolute atomic E-state index is 12.7. The van der Waals surface area contributed by atoms with E-state index in [1.165, 1.54) is 16.9 Å². The Morgan fingerprint density at radius 2 is 1.85 bits per heavy atom. The van der Waals surface area contributed by atoms with Gasteiger partial charge in [-0.15, -0.1) is 11.3 Å². The molecule has 0 saturated heterocycles. The summed E-state index contributed by atoms with van der Waals surface area (Å²) in [5, 5.41) is 8.76. The van der Waals surface area contributed by atoms with Gasteiger partial charge in [0.15, 0.2) is 0 Å². The number of nitrogens with zero attached hydrogens (tertiary/aromatic N) is 1. The first kappa shape index (κ1) is 19.5. The van der Waals surface area contributed by atoms with Crippen molar-refractivity contribution < 1.29 is 9.59 Å². The van der Waals surface area contributed by atoms with E-state index in [1.54, 1.807) is 0 Å². The number of rotatable bonds is 6. The summed E-state index contributed by atoms with van der Waals surface area (Å²) < 4.78 is 0. The highest BCUT2D eigenvalue weighted by Gasteiger charge is 2.40. The number of amides is 2. The van der Waals surface area contributed by atoms with Gasteiger partial charge in [0, 0.05) is 17.5 Å². The molecule has 2 aromatic rings. The van der Waals surface area contributed by atoms with E-state index in [0.29, 0.717) is 19.4 Å². The lowest BCUT2D eigenvalue weighted by atomic mass is 9.80. The molecule has 0 bridgehead atoms. The lowest BCUT2D eigenvalue weighted by Gasteiger charge is -2.36. The van der Waals surface area contributed by atoms with E-state index in [-0.39, 0.29) is 18.2 Å². The van der Waals surface area contributed by atoms with Crippen molar-refractivity contribution in [1.29, 1.82) is 0 Å². The predicted molar refractivity (Wildman–Crippen MR) is 109 cm³/mol. The van der Waals surface area contributed by atoms with Crippen LogP contribution in [0.25, 0.3) is 10.6 Å². The monoisotopic (exact) mass is 385 g/mol. The summed E-state index contributed by atoms with van der Waals surface area (Å²) in [6.07, 6.45) is 4.65. The lowest BCUT2D eigenvalue weighted by Crippen LogP contribution is -2.60. The average Bonchev–Trinajstić information content (AvgIpc) is 3.11. The van der Waals surface area contributed by atoms with Crippen molar-refractivity contribution in [3.05, 3.63) is 40.9 Å². The maximum atomic E-state index is 12.7. The minimum Gasteiger partial charge on any atom is -0.354 e. The summed E-state index contributed by atoms with van der Waals surface area (Å²) >= 11 is 1.54. The Hall–Kier alpha value is -2.21. The van der Waals surface area contributed by atoms with Gasteiger partial charge >= 0.3 is 0 Å². The Morgan fingerprint density at radius 3 is 2.52 bits per heavy atom. The van der Waals surface area contributed by atoms with Gasteiger partial charge in [-0.2, -0.15) is 0 Å². The number of thiazole rings is 1. The molecule has 6 heteroatoms. The fraction of sp³-hybridized carbons (Fsp3) is 0.476. The largest absolute Gasteiger partial charge is 0.354 e.